The Balaban J connectivity index is 1.92. The highest BCUT2D eigenvalue weighted by molar-refractivity contribution is 7.89. The summed E-state index contributed by atoms with van der Waals surface area (Å²) in [6.45, 7) is 3.92. The Morgan fingerprint density at radius 3 is 2.14 bits per heavy atom. The van der Waals surface area contributed by atoms with Crippen LogP contribution in [0.1, 0.15) is 29.8 Å². The van der Waals surface area contributed by atoms with E-state index in [-0.39, 0.29) is 22.3 Å². The first-order valence-corrected chi connectivity index (χ1v) is 10.6. The van der Waals surface area contributed by atoms with E-state index in [9.17, 15) is 22.4 Å². The summed E-state index contributed by atoms with van der Waals surface area (Å²) in [5, 5.41) is 10.5. The number of amides is 2. The molecule has 9 heteroatoms. The summed E-state index contributed by atoms with van der Waals surface area (Å²) in [5.41, 5.74) is 1.09. The van der Waals surface area contributed by atoms with Gasteiger partial charge in [-0.25, -0.2) is 17.9 Å². The van der Waals surface area contributed by atoms with Crippen LogP contribution in [-0.4, -0.2) is 32.8 Å². The molecule has 7 nitrogen and oxygen atoms in total. The van der Waals surface area contributed by atoms with E-state index in [1.807, 2.05) is 0 Å². The molecule has 2 aromatic carbocycles. The highest BCUT2D eigenvalue weighted by atomic mass is 32.2. The molecule has 0 bridgehead atoms. The van der Waals surface area contributed by atoms with Crippen LogP contribution in [0.3, 0.4) is 0 Å². The predicted octanol–water partition coefficient (Wildman–Crippen LogP) is 1.59. The van der Waals surface area contributed by atoms with E-state index < -0.39 is 27.8 Å². The van der Waals surface area contributed by atoms with Crippen molar-refractivity contribution >= 4 is 21.8 Å². The van der Waals surface area contributed by atoms with Crippen molar-refractivity contribution in [1.29, 1.82) is 0 Å². The maximum atomic E-state index is 13.0. The quantitative estimate of drug-likeness (QED) is 0.600. The van der Waals surface area contributed by atoms with Gasteiger partial charge >= 0.3 is 0 Å². The lowest BCUT2D eigenvalue weighted by atomic mass is 10.0. The molecular weight excluding hydrogens is 397 g/mol. The second kappa shape index (κ2) is 9.62. The van der Waals surface area contributed by atoms with Crippen LogP contribution in [0.4, 0.5) is 4.39 Å². The fourth-order valence-corrected chi connectivity index (χ4v) is 3.16. The van der Waals surface area contributed by atoms with Gasteiger partial charge < -0.3 is 10.6 Å². The van der Waals surface area contributed by atoms with Crippen LogP contribution in [0.15, 0.2) is 53.4 Å². The van der Waals surface area contributed by atoms with Gasteiger partial charge in [0.1, 0.15) is 11.9 Å². The number of carbonyl (C=O) groups excluding carboxylic acids is 2. The third-order valence-corrected chi connectivity index (χ3v) is 5.24. The van der Waals surface area contributed by atoms with E-state index in [0.29, 0.717) is 13.0 Å². The number of nitrogens with two attached hydrogens (primary N) is 1. The molecule has 0 aliphatic carbocycles. The van der Waals surface area contributed by atoms with Gasteiger partial charge in [-0.2, -0.15) is 0 Å². The summed E-state index contributed by atoms with van der Waals surface area (Å²) < 4.78 is 35.5. The molecule has 0 radical (unpaired) electrons. The monoisotopic (exact) mass is 421 g/mol. The molecule has 0 spiro atoms. The van der Waals surface area contributed by atoms with Crippen LogP contribution in [0.5, 0.6) is 0 Å². The maximum Gasteiger partial charge on any atom is 0.251 e. The number of rotatable bonds is 8. The lowest BCUT2D eigenvalue weighted by molar-refractivity contribution is -0.123. The highest BCUT2D eigenvalue weighted by Crippen LogP contribution is 2.10. The summed E-state index contributed by atoms with van der Waals surface area (Å²) in [7, 11) is -3.74. The third-order valence-electron chi connectivity index (χ3n) is 4.31. The second-order valence-corrected chi connectivity index (χ2v) is 8.49. The molecule has 0 fully saturated rings. The number of primary sulfonamides is 1. The minimum absolute atomic E-state index is 0.0219. The van der Waals surface area contributed by atoms with Crippen molar-refractivity contribution in [3.05, 3.63) is 65.5 Å². The number of hydrogen-bond acceptors (Lipinski definition) is 4. The molecule has 1 atom stereocenters. The number of nitrogens with one attached hydrogen (secondary N) is 2. The Morgan fingerprint density at radius 2 is 1.62 bits per heavy atom. The average molecular weight is 421 g/mol. The summed E-state index contributed by atoms with van der Waals surface area (Å²) >= 11 is 0. The summed E-state index contributed by atoms with van der Waals surface area (Å²) in [5.74, 6) is -1.40. The van der Waals surface area contributed by atoms with Crippen molar-refractivity contribution < 1.29 is 22.4 Å². The molecule has 156 valence electrons. The van der Waals surface area contributed by atoms with Gasteiger partial charge in [0.2, 0.25) is 15.9 Å². The van der Waals surface area contributed by atoms with Gasteiger partial charge in [0.15, 0.2) is 0 Å². The van der Waals surface area contributed by atoms with Crippen LogP contribution < -0.4 is 15.8 Å². The minimum atomic E-state index is -3.74. The van der Waals surface area contributed by atoms with Crippen LogP contribution in [0.2, 0.25) is 0 Å². The third kappa shape index (κ3) is 6.65. The van der Waals surface area contributed by atoms with E-state index in [2.05, 4.69) is 10.6 Å². The first kappa shape index (κ1) is 22.5. The van der Waals surface area contributed by atoms with Crippen molar-refractivity contribution in [3.63, 3.8) is 0 Å². The van der Waals surface area contributed by atoms with Crippen LogP contribution in [0.25, 0.3) is 0 Å². The molecule has 0 saturated carbocycles. The fraction of sp³-hybridized carbons (Fsp3) is 0.300. The van der Waals surface area contributed by atoms with Crippen molar-refractivity contribution in [2.45, 2.75) is 31.2 Å². The normalized spacial score (nSPS) is 12.4. The second-order valence-electron chi connectivity index (χ2n) is 6.93. The lowest BCUT2D eigenvalue weighted by Gasteiger charge is -2.22. The molecule has 0 heterocycles. The zero-order valence-electron chi connectivity index (χ0n) is 16.2. The minimum Gasteiger partial charge on any atom is -0.354 e. The maximum absolute atomic E-state index is 13.0. The Kier molecular flexibility index (Phi) is 7.46. The van der Waals surface area contributed by atoms with Gasteiger partial charge in [0, 0.05) is 12.1 Å². The van der Waals surface area contributed by atoms with E-state index in [1.54, 1.807) is 26.0 Å². The van der Waals surface area contributed by atoms with E-state index in [0.717, 1.165) is 5.56 Å². The summed E-state index contributed by atoms with van der Waals surface area (Å²) in [4.78, 5) is 24.8. The highest BCUT2D eigenvalue weighted by Gasteiger charge is 2.24. The Labute approximate surface area is 169 Å². The predicted molar refractivity (Wildman–Crippen MR) is 107 cm³/mol. The van der Waals surface area contributed by atoms with Crippen molar-refractivity contribution in [2.24, 2.45) is 11.1 Å². The van der Waals surface area contributed by atoms with Gasteiger partial charge in [0.05, 0.1) is 4.90 Å². The van der Waals surface area contributed by atoms with E-state index in [4.69, 9.17) is 5.14 Å². The SMILES string of the molecule is CC(C)[C@H](NC(=O)c1ccc(F)cc1)C(=O)NCCc1ccc(S(N)(=O)=O)cc1. The molecule has 0 saturated heterocycles. The molecule has 4 N–H and O–H groups in total. The molecule has 0 unspecified atom stereocenters. The van der Waals surface area contributed by atoms with Gasteiger partial charge in [-0.05, 0) is 54.3 Å². The number of hydrogen-bond donors (Lipinski definition) is 3. The fourth-order valence-electron chi connectivity index (χ4n) is 2.65. The lowest BCUT2D eigenvalue weighted by Crippen LogP contribution is -2.50. The smallest absolute Gasteiger partial charge is 0.251 e. The molecule has 0 aliphatic rings. The molecule has 29 heavy (non-hydrogen) atoms. The van der Waals surface area contributed by atoms with E-state index in [1.165, 1.54) is 36.4 Å². The molecule has 2 amide bonds. The zero-order chi connectivity index (χ0) is 21.6. The standard InChI is InChI=1S/C20H24FN3O4S/c1-13(2)18(24-19(25)15-5-7-16(21)8-6-15)20(26)23-12-11-14-3-9-17(10-4-14)29(22,27)28/h3-10,13,18H,11-12H2,1-2H3,(H,23,26)(H,24,25)(H2,22,27,28)/t18-/m0/s1. The number of sulfonamides is 1. The Bertz CT molecular complexity index is 958. The topological polar surface area (TPSA) is 118 Å². The number of carbonyl (C=O) groups is 2. The largest absolute Gasteiger partial charge is 0.354 e. The first-order valence-electron chi connectivity index (χ1n) is 9.04. The van der Waals surface area contributed by atoms with Crippen molar-refractivity contribution in [3.8, 4) is 0 Å². The average Bonchev–Trinajstić information content (AvgIpc) is 2.65. The van der Waals surface area contributed by atoms with Crippen molar-refractivity contribution in [1.82, 2.24) is 10.6 Å². The van der Waals surface area contributed by atoms with Crippen LogP contribution >= 0.6 is 0 Å². The number of halogens is 1. The first-order chi connectivity index (χ1) is 13.6. The van der Waals surface area contributed by atoms with Gasteiger partial charge in [-0.15, -0.1) is 0 Å². The summed E-state index contributed by atoms with van der Waals surface area (Å²) in [6, 6.07) is 10.4. The van der Waals surface area contributed by atoms with Gasteiger partial charge in [-0.1, -0.05) is 26.0 Å². The van der Waals surface area contributed by atoms with Gasteiger partial charge in [-0.3, -0.25) is 9.59 Å². The molecule has 0 aliphatic heterocycles. The molecule has 0 aromatic heterocycles. The van der Waals surface area contributed by atoms with Crippen molar-refractivity contribution in [2.75, 3.05) is 6.54 Å². The number of benzene rings is 2. The molecular formula is C20H24FN3O4S. The Hall–Kier alpha value is -2.78. The summed E-state index contributed by atoms with van der Waals surface area (Å²) in [6.07, 6.45) is 0.480. The van der Waals surface area contributed by atoms with Gasteiger partial charge in [0.25, 0.3) is 5.91 Å². The van der Waals surface area contributed by atoms with E-state index >= 15 is 0 Å². The molecule has 2 rings (SSSR count). The Morgan fingerprint density at radius 1 is 1.03 bits per heavy atom. The zero-order valence-corrected chi connectivity index (χ0v) is 17.0. The van der Waals surface area contributed by atoms with Crippen LogP contribution in [0, 0.1) is 11.7 Å². The van der Waals surface area contributed by atoms with Crippen LogP contribution in [-0.2, 0) is 21.2 Å². The molecule has 2 aromatic rings.